The van der Waals surface area contributed by atoms with E-state index in [1.54, 1.807) is 4.90 Å². The largest absolute Gasteiger partial charge is 0.338 e. The molecule has 2 saturated heterocycles. The van der Waals surface area contributed by atoms with Crippen molar-refractivity contribution < 1.29 is 13.2 Å². The van der Waals surface area contributed by atoms with E-state index in [1.165, 1.54) is 0 Å². The fraction of sp³-hybridized carbons (Fsp3) is 0.889. The van der Waals surface area contributed by atoms with Crippen LogP contribution in [0.4, 0.5) is 0 Å². The highest BCUT2D eigenvalue weighted by molar-refractivity contribution is 9.10. The summed E-state index contributed by atoms with van der Waals surface area (Å²) in [5.41, 5.74) is 0. The number of piperidine rings is 1. The average molecular weight is 296 g/mol. The van der Waals surface area contributed by atoms with E-state index < -0.39 is 9.84 Å². The summed E-state index contributed by atoms with van der Waals surface area (Å²) in [6.45, 7) is 0.709. The third-order valence-electron chi connectivity index (χ3n) is 3.06. The van der Waals surface area contributed by atoms with Crippen LogP contribution in [-0.2, 0) is 14.6 Å². The van der Waals surface area contributed by atoms with Gasteiger partial charge < -0.3 is 4.90 Å². The number of nitrogens with zero attached hydrogens (tertiary/aromatic N) is 1. The van der Waals surface area contributed by atoms with Crippen molar-refractivity contribution in [2.75, 3.05) is 18.1 Å². The standard InChI is InChI=1S/C9H14BrNO3S/c10-8-2-1-4-11(9(8)12)7-3-5-15(13,14)6-7/h7-8H,1-6H2. The first-order valence-electron chi connectivity index (χ1n) is 5.14. The summed E-state index contributed by atoms with van der Waals surface area (Å²) in [5.74, 6) is 0.440. The van der Waals surface area contributed by atoms with Gasteiger partial charge in [-0.2, -0.15) is 0 Å². The molecule has 0 bridgehead atoms. The molecule has 86 valence electrons. The van der Waals surface area contributed by atoms with Gasteiger partial charge in [-0.05, 0) is 19.3 Å². The van der Waals surface area contributed by atoms with Gasteiger partial charge in [0.25, 0.3) is 0 Å². The maximum Gasteiger partial charge on any atom is 0.236 e. The Morgan fingerprint density at radius 1 is 1.33 bits per heavy atom. The van der Waals surface area contributed by atoms with Crippen LogP contribution < -0.4 is 0 Å². The normalized spacial score (nSPS) is 35.8. The number of sulfone groups is 1. The lowest BCUT2D eigenvalue weighted by molar-refractivity contribution is -0.134. The molecule has 0 spiro atoms. The first kappa shape index (κ1) is 11.4. The second-order valence-corrected chi connectivity index (χ2v) is 7.53. The summed E-state index contributed by atoms with van der Waals surface area (Å²) in [7, 11) is -2.89. The number of hydrogen-bond acceptors (Lipinski definition) is 3. The molecule has 4 nitrogen and oxygen atoms in total. The Morgan fingerprint density at radius 2 is 2.07 bits per heavy atom. The van der Waals surface area contributed by atoms with Crippen molar-refractivity contribution in [1.29, 1.82) is 0 Å². The van der Waals surface area contributed by atoms with E-state index in [1.807, 2.05) is 0 Å². The average Bonchev–Trinajstić information content (AvgIpc) is 2.51. The number of halogens is 1. The Balaban J connectivity index is 2.08. The number of hydrogen-bond donors (Lipinski definition) is 0. The van der Waals surface area contributed by atoms with E-state index in [-0.39, 0.29) is 28.3 Å². The first-order chi connectivity index (χ1) is 6.99. The van der Waals surface area contributed by atoms with Crippen LogP contribution in [0.2, 0.25) is 0 Å². The summed E-state index contributed by atoms with van der Waals surface area (Å²) in [6.07, 6.45) is 2.42. The predicted octanol–water partition coefficient (Wildman–Crippen LogP) is 0.559. The van der Waals surface area contributed by atoms with Gasteiger partial charge in [0.2, 0.25) is 5.91 Å². The van der Waals surface area contributed by atoms with Crippen molar-refractivity contribution in [3.8, 4) is 0 Å². The van der Waals surface area contributed by atoms with Gasteiger partial charge in [0.1, 0.15) is 0 Å². The highest BCUT2D eigenvalue weighted by Crippen LogP contribution is 2.25. The zero-order valence-electron chi connectivity index (χ0n) is 8.36. The van der Waals surface area contributed by atoms with Gasteiger partial charge in [-0.1, -0.05) is 15.9 Å². The maximum absolute atomic E-state index is 11.8. The molecule has 1 amide bonds. The van der Waals surface area contributed by atoms with E-state index in [0.29, 0.717) is 13.0 Å². The smallest absolute Gasteiger partial charge is 0.236 e. The van der Waals surface area contributed by atoms with Crippen LogP contribution in [0.25, 0.3) is 0 Å². The Kier molecular flexibility index (Phi) is 3.07. The molecule has 2 fully saturated rings. The van der Waals surface area contributed by atoms with Crippen molar-refractivity contribution in [3.05, 3.63) is 0 Å². The van der Waals surface area contributed by atoms with Crippen LogP contribution in [0.15, 0.2) is 0 Å². The van der Waals surface area contributed by atoms with Gasteiger partial charge >= 0.3 is 0 Å². The summed E-state index contributed by atoms with van der Waals surface area (Å²) in [4.78, 5) is 13.4. The second-order valence-electron chi connectivity index (χ2n) is 4.20. The minimum Gasteiger partial charge on any atom is -0.338 e. The van der Waals surface area contributed by atoms with Gasteiger partial charge in [-0.25, -0.2) is 8.42 Å². The summed E-state index contributed by atoms with van der Waals surface area (Å²) in [6, 6.07) is -0.0807. The van der Waals surface area contributed by atoms with Gasteiger partial charge in [0, 0.05) is 12.6 Å². The third-order valence-corrected chi connectivity index (χ3v) is 5.66. The number of carbonyl (C=O) groups excluding carboxylic acids is 1. The third kappa shape index (κ3) is 2.36. The molecule has 0 saturated carbocycles. The highest BCUT2D eigenvalue weighted by Gasteiger charge is 2.37. The van der Waals surface area contributed by atoms with E-state index >= 15 is 0 Å². The summed E-state index contributed by atoms with van der Waals surface area (Å²) in [5, 5.41) is 0. The second kappa shape index (κ2) is 4.05. The summed E-state index contributed by atoms with van der Waals surface area (Å²) >= 11 is 3.33. The molecular formula is C9H14BrNO3S. The molecule has 2 heterocycles. The highest BCUT2D eigenvalue weighted by atomic mass is 79.9. The van der Waals surface area contributed by atoms with Crippen molar-refractivity contribution in [2.24, 2.45) is 0 Å². The number of likely N-dealkylation sites (tertiary alicyclic amines) is 1. The van der Waals surface area contributed by atoms with E-state index in [0.717, 1.165) is 12.8 Å². The fourth-order valence-electron chi connectivity index (χ4n) is 2.24. The lowest BCUT2D eigenvalue weighted by Gasteiger charge is -2.34. The van der Waals surface area contributed by atoms with E-state index in [9.17, 15) is 13.2 Å². The van der Waals surface area contributed by atoms with Crippen molar-refractivity contribution in [2.45, 2.75) is 30.1 Å². The minimum atomic E-state index is -2.89. The van der Waals surface area contributed by atoms with Gasteiger partial charge in [0.15, 0.2) is 9.84 Å². The molecule has 2 aliphatic rings. The number of amides is 1. The Bertz CT molecular complexity index is 368. The van der Waals surface area contributed by atoms with Crippen molar-refractivity contribution >= 4 is 31.7 Å². The molecule has 0 radical (unpaired) electrons. The van der Waals surface area contributed by atoms with Gasteiger partial charge in [0.05, 0.1) is 16.3 Å². The van der Waals surface area contributed by atoms with Crippen LogP contribution in [0.3, 0.4) is 0 Å². The van der Waals surface area contributed by atoms with Crippen LogP contribution in [-0.4, -0.2) is 48.1 Å². The van der Waals surface area contributed by atoms with E-state index in [4.69, 9.17) is 0 Å². The first-order valence-corrected chi connectivity index (χ1v) is 7.88. The topological polar surface area (TPSA) is 54.5 Å². The zero-order chi connectivity index (χ0) is 11.1. The number of rotatable bonds is 1. The quantitative estimate of drug-likeness (QED) is 0.664. The van der Waals surface area contributed by atoms with Crippen LogP contribution in [0.5, 0.6) is 0 Å². The maximum atomic E-state index is 11.8. The van der Waals surface area contributed by atoms with Crippen LogP contribution in [0.1, 0.15) is 19.3 Å². The van der Waals surface area contributed by atoms with Crippen LogP contribution >= 0.6 is 15.9 Å². The number of carbonyl (C=O) groups is 1. The van der Waals surface area contributed by atoms with Gasteiger partial charge in [-0.3, -0.25) is 4.79 Å². The lowest BCUT2D eigenvalue weighted by Crippen LogP contribution is -2.48. The predicted molar refractivity (Wildman–Crippen MR) is 60.7 cm³/mol. The van der Waals surface area contributed by atoms with Crippen molar-refractivity contribution in [1.82, 2.24) is 4.90 Å². The van der Waals surface area contributed by atoms with E-state index in [2.05, 4.69) is 15.9 Å². The summed E-state index contributed by atoms with van der Waals surface area (Å²) < 4.78 is 22.6. The zero-order valence-corrected chi connectivity index (χ0v) is 10.8. The van der Waals surface area contributed by atoms with Crippen LogP contribution in [0, 0.1) is 0 Å². The molecule has 2 unspecified atom stereocenters. The Labute approximate surface area is 98.1 Å². The molecule has 0 aromatic heterocycles. The molecule has 0 aliphatic carbocycles. The Hall–Kier alpha value is -0.100. The lowest BCUT2D eigenvalue weighted by atomic mass is 10.1. The molecule has 2 aliphatic heterocycles. The minimum absolute atomic E-state index is 0.0587. The molecule has 0 N–H and O–H groups in total. The Morgan fingerprint density at radius 3 is 2.67 bits per heavy atom. The molecule has 2 atom stereocenters. The molecule has 6 heteroatoms. The molecular weight excluding hydrogens is 282 g/mol. The molecule has 0 aromatic carbocycles. The monoisotopic (exact) mass is 295 g/mol. The molecule has 2 rings (SSSR count). The van der Waals surface area contributed by atoms with Gasteiger partial charge in [-0.15, -0.1) is 0 Å². The van der Waals surface area contributed by atoms with Crippen molar-refractivity contribution in [3.63, 3.8) is 0 Å². The molecule has 15 heavy (non-hydrogen) atoms. The SMILES string of the molecule is O=C1C(Br)CCCN1C1CCS(=O)(=O)C1. The molecule has 0 aromatic rings. The number of alkyl halides is 1. The fourth-order valence-corrected chi connectivity index (χ4v) is 4.56.